The normalized spacial score (nSPS) is 16.7. The summed E-state index contributed by atoms with van der Waals surface area (Å²) in [5.74, 6) is 0.334. The highest BCUT2D eigenvalue weighted by atomic mass is 32.2. The highest BCUT2D eigenvalue weighted by Gasteiger charge is 2.29. The lowest BCUT2D eigenvalue weighted by Gasteiger charge is -2.33. The summed E-state index contributed by atoms with van der Waals surface area (Å²) in [6.45, 7) is 11.7. The van der Waals surface area contributed by atoms with E-state index in [-0.39, 0.29) is 23.4 Å². The molecule has 0 aliphatic carbocycles. The van der Waals surface area contributed by atoms with Gasteiger partial charge in [0.25, 0.3) is 10.0 Å². The van der Waals surface area contributed by atoms with E-state index in [1.807, 2.05) is 58.0 Å². The van der Waals surface area contributed by atoms with E-state index >= 15 is 0 Å². The Morgan fingerprint density at radius 1 is 1.00 bits per heavy atom. The molecule has 3 aromatic carbocycles. The van der Waals surface area contributed by atoms with E-state index in [9.17, 15) is 13.2 Å². The maximum Gasteiger partial charge on any atom is 0.264 e. The van der Waals surface area contributed by atoms with Crippen LogP contribution >= 0.6 is 0 Å². The van der Waals surface area contributed by atoms with Crippen molar-refractivity contribution in [3.05, 3.63) is 89.0 Å². The Morgan fingerprint density at radius 3 is 2.32 bits per heavy atom. The Hall–Kier alpha value is -3.32. The minimum Gasteiger partial charge on any atom is -0.371 e. The predicted octanol–water partition coefficient (Wildman–Crippen LogP) is 5.92. The number of aryl methyl sites for hydroxylation is 3. The van der Waals surface area contributed by atoms with Gasteiger partial charge in [-0.05, 0) is 93.5 Å². The number of nitrogens with one attached hydrogen (secondary N) is 1. The molecular formula is C31H39N3O3S. The van der Waals surface area contributed by atoms with Crippen LogP contribution in [0.2, 0.25) is 0 Å². The van der Waals surface area contributed by atoms with Crippen molar-refractivity contribution in [3.63, 3.8) is 0 Å². The minimum atomic E-state index is -3.96. The number of carbonyl (C=O) groups excluding carboxylic acids is 1. The molecule has 1 N–H and O–H groups in total. The van der Waals surface area contributed by atoms with Crippen molar-refractivity contribution in [3.8, 4) is 0 Å². The number of sulfonamides is 1. The molecule has 0 saturated carbocycles. The largest absolute Gasteiger partial charge is 0.371 e. The number of hydrogen-bond acceptors (Lipinski definition) is 4. The molecule has 0 bridgehead atoms. The van der Waals surface area contributed by atoms with E-state index in [1.54, 1.807) is 24.3 Å². The quantitative estimate of drug-likeness (QED) is 0.390. The van der Waals surface area contributed by atoms with Crippen LogP contribution in [-0.4, -0.2) is 34.0 Å². The van der Waals surface area contributed by atoms with Crippen molar-refractivity contribution in [2.75, 3.05) is 28.8 Å². The predicted molar refractivity (Wildman–Crippen MR) is 155 cm³/mol. The first-order valence-electron chi connectivity index (χ1n) is 13.4. The average molecular weight is 534 g/mol. The summed E-state index contributed by atoms with van der Waals surface area (Å²) in [4.78, 5) is 15.8. The van der Waals surface area contributed by atoms with Gasteiger partial charge in [-0.1, -0.05) is 48.9 Å². The standard InChI is InChI=1S/C31H39N3O3S/c1-22-9-16-29(17-10-22)38(36,37)34(30-19-23(2)8-11-25(30)4)21-31(35)32-26(5)27-12-14-28(15-13-27)33-18-6-7-24(3)20-33/h8-17,19,24,26H,6-7,18,20-21H2,1-5H3,(H,32,35). The van der Waals surface area contributed by atoms with Crippen LogP contribution in [0.5, 0.6) is 0 Å². The first kappa shape index (κ1) is 27.7. The Morgan fingerprint density at radius 2 is 1.66 bits per heavy atom. The highest BCUT2D eigenvalue weighted by Crippen LogP contribution is 2.29. The van der Waals surface area contributed by atoms with E-state index in [2.05, 4.69) is 29.3 Å². The third-order valence-electron chi connectivity index (χ3n) is 7.32. The second-order valence-corrected chi connectivity index (χ2v) is 12.6. The molecule has 7 heteroatoms. The van der Waals surface area contributed by atoms with Gasteiger partial charge in [-0.25, -0.2) is 8.42 Å². The molecule has 1 amide bonds. The zero-order chi connectivity index (χ0) is 27.4. The maximum atomic E-state index is 13.8. The highest BCUT2D eigenvalue weighted by molar-refractivity contribution is 7.92. The van der Waals surface area contributed by atoms with Gasteiger partial charge in [0.1, 0.15) is 6.54 Å². The van der Waals surface area contributed by atoms with E-state index in [0.29, 0.717) is 11.6 Å². The molecule has 1 saturated heterocycles. The summed E-state index contributed by atoms with van der Waals surface area (Å²) < 4.78 is 28.7. The molecular weight excluding hydrogens is 494 g/mol. The number of amides is 1. The summed E-state index contributed by atoms with van der Waals surface area (Å²) in [5.41, 5.74) is 5.36. The molecule has 0 radical (unpaired) electrons. The summed E-state index contributed by atoms with van der Waals surface area (Å²) in [5, 5.41) is 3.01. The van der Waals surface area contributed by atoms with Crippen LogP contribution in [0, 0.1) is 26.7 Å². The lowest BCUT2D eigenvalue weighted by molar-refractivity contribution is -0.120. The third kappa shape index (κ3) is 6.38. The van der Waals surface area contributed by atoms with Gasteiger partial charge in [0.15, 0.2) is 0 Å². The Balaban J connectivity index is 1.53. The molecule has 1 aliphatic heterocycles. The van der Waals surface area contributed by atoms with Gasteiger partial charge in [-0.2, -0.15) is 0 Å². The number of rotatable bonds is 8. The molecule has 0 spiro atoms. The van der Waals surface area contributed by atoms with Gasteiger partial charge in [0.05, 0.1) is 16.6 Å². The van der Waals surface area contributed by atoms with Gasteiger partial charge < -0.3 is 10.2 Å². The fraction of sp³-hybridized carbons (Fsp3) is 0.387. The van der Waals surface area contributed by atoms with Crippen LogP contribution in [0.4, 0.5) is 11.4 Å². The van der Waals surface area contributed by atoms with Gasteiger partial charge in [-0.3, -0.25) is 9.10 Å². The second kappa shape index (κ2) is 11.6. The molecule has 2 unspecified atom stereocenters. The molecule has 3 aromatic rings. The van der Waals surface area contributed by atoms with Gasteiger partial charge in [-0.15, -0.1) is 0 Å². The van der Waals surface area contributed by atoms with Crippen LogP contribution < -0.4 is 14.5 Å². The third-order valence-corrected chi connectivity index (χ3v) is 9.10. The second-order valence-electron chi connectivity index (χ2n) is 10.7. The molecule has 2 atom stereocenters. The smallest absolute Gasteiger partial charge is 0.264 e. The van der Waals surface area contributed by atoms with E-state index in [4.69, 9.17) is 0 Å². The minimum absolute atomic E-state index is 0.160. The van der Waals surface area contributed by atoms with Crippen molar-refractivity contribution in [1.29, 1.82) is 0 Å². The molecule has 1 fully saturated rings. The van der Waals surface area contributed by atoms with E-state index in [1.165, 1.54) is 22.8 Å². The van der Waals surface area contributed by atoms with E-state index < -0.39 is 10.0 Å². The molecule has 38 heavy (non-hydrogen) atoms. The van der Waals surface area contributed by atoms with Crippen molar-refractivity contribution in [2.45, 2.75) is 58.4 Å². The van der Waals surface area contributed by atoms with Crippen molar-refractivity contribution < 1.29 is 13.2 Å². The topological polar surface area (TPSA) is 69.7 Å². The fourth-order valence-corrected chi connectivity index (χ4v) is 6.50. The lowest BCUT2D eigenvalue weighted by atomic mass is 9.99. The van der Waals surface area contributed by atoms with Crippen LogP contribution in [0.3, 0.4) is 0 Å². The number of benzene rings is 3. The Kier molecular flexibility index (Phi) is 8.46. The average Bonchev–Trinajstić information content (AvgIpc) is 2.89. The lowest BCUT2D eigenvalue weighted by Crippen LogP contribution is -2.42. The molecule has 4 rings (SSSR count). The molecule has 202 valence electrons. The Bertz CT molecular complexity index is 1370. The molecule has 0 aromatic heterocycles. The summed E-state index contributed by atoms with van der Waals surface area (Å²) >= 11 is 0. The Labute approximate surface area is 227 Å². The number of nitrogens with zero attached hydrogens (tertiary/aromatic N) is 2. The molecule has 1 aliphatic rings. The SMILES string of the molecule is Cc1ccc(S(=O)(=O)N(CC(=O)NC(C)c2ccc(N3CCCC(C)C3)cc2)c2cc(C)ccc2C)cc1. The monoisotopic (exact) mass is 533 g/mol. The van der Waals surface area contributed by atoms with Gasteiger partial charge >= 0.3 is 0 Å². The number of hydrogen-bond donors (Lipinski definition) is 1. The van der Waals surface area contributed by atoms with Crippen LogP contribution in [0.1, 0.15) is 55.0 Å². The summed E-state index contributed by atoms with van der Waals surface area (Å²) in [6, 6.07) is 20.4. The maximum absolute atomic E-state index is 13.8. The fourth-order valence-electron chi connectivity index (χ4n) is 5.02. The van der Waals surface area contributed by atoms with Crippen LogP contribution in [-0.2, 0) is 14.8 Å². The zero-order valence-corrected chi connectivity index (χ0v) is 23.9. The van der Waals surface area contributed by atoms with E-state index in [0.717, 1.165) is 35.3 Å². The van der Waals surface area contributed by atoms with Crippen molar-refractivity contribution in [1.82, 2.24) is 5.32 Å². The van der Waals surface area contributed by atoms with Crippen LogP contribution in [0.15, 0.2) is 71.6 Å². The van der Waals surface area contributed by atoms with Crippen molar-refractivity contribution in [2.24, 2.45) is 5.92 Å². The van der Waals surface area contributed by atoms with Crippen molar-refractivity contribution >= 4 is 27.3 Å². The summed E-state index contributed by atoms with van der Waals surface area (Å²) in [6.07, 6.45) is 2.48. The van der Waals surface area contributed by atoms with Gasteiger partial charge in [0.2, 0.25) is 5.91 Å². The first-order valence-corrected chi connectivity index (χ1v) is 14.8. The number of carbonyl (C=O) groups is 1. The molecule has 1 heterocycles. The van der Waals surface area contributed by atoms with Gasteiger partial charge in [0, 0.05) is 18.8 Å². The zero-order valence-electron chi connectivity index (χ0n) is 23.1. The molecule has 6 nitrogen and oxygen atoms in total. The number of piperidine rings is 1. The first-order chi connectivity index (χ1) is 18.0. The number of anilines is 2. The van der Waals surface area contributed by atoms with Crippen LogP contribution in [0.25, 0.3) is 0 Å². The summed E-state index contributed by atoms with van der Waals surface area (Å²) in [7, 11) is -3.96.